The second kappa shape index (κ2) is 9.19. The number of hydrogen-bond acceptors (Lipinski definition) is 7. The lowest BCUT2D eigenvalue weighted by Crippen LogP contribution is -1.95. The Morgan fingerprint density at radius 1 is 0.512 bits per heavy atom. The third-order valence-electron chi connectivity index (χ3n) is 7.72. The standard InChI is InChI=1S/C35H20N6O2/c1-3-7-31-27(5-1)39-34(42-31)22-11-15-29-25(17-22)26-18-23(35-40-28-6-2-4-8-32(28)43-35)12-16-30(26)41(29)24-13-9-21(10-14-24)33-37-19-36-20-38-33/h1-20H. The molecule has 0 fully saturated rings. The molecule has 9 aromatic rings. The average molecular weight is 557 g/mol. The molecular formula is C35H20N6O2. The summed E-state index contributed by atoms with van der Waals surface area (Å²) < 4.78 is 14.5. The van der Waals surface area contributed by atoms with Crippen LogP contribution in [0.15, 0.2) is 131 Å². The number of para-hydroxylation sites is 4. The fourth-order valence-corrected chi connectivity index (χ4v) is 5.71. The lowest BCUT2D eigenvalue weighted by atomic mass is 10.1. The molecule has 0 aliphatic heterocycles. The van der Waals surface area contributed by atoms with E-state index in [0.29, 0.717) is 17.6 Å². The highest BCUT2D eigenvalue weighted by molar-refractivity contribution is 6.11. The molecule has 0 saturated heterocycles. The number of rotatable bonds is 4. The van der Waals surface area contributed by atoms with Crippen molar-refractivity contribution in [1.82, 2.24) is 29.5 Å². The Hall–Kier alpha value is -6.15. The minimum atomic E-state index is 0.584. The van der Waals surface area contributed by atoms with Crippen molar-refractivity contribution in [3.05, 3.63) is 122 Å². The first-order valence-corrected chi connectivity index (χ1v) is 13.8. The molecule has 0 saturated carbocycles. The minimum absolute atomic E-state index is 0.584. The van der Waals surface area contributed by atoms with E-state index in [9.17, 15) is 0 Å². The number of benzene rings is 5. The van der Waals surface area contributed by atoms with Crippen LogP contribution in [0.2, 0.25) is 0 Å². The zero-order chi connectivity index (χ0) is 28.3. The second-order valence-electron chi connectivity index (χ2n) is 10.3. The fourth-order valence-electron chi connectivity index (χ4n) is 5.71. The van der Waals surface area contributed by atoms with Crippen LogP contribution in [0.3, 0.4) is 0 Å². The molecule has 4 aromatic heterocycles. The van der Waals surface area contributed by atoms with Crippen LogP contribution in [0.1, 0.15) is 0 Å². The van der Waals surface area contributed by atoms with Gasteiger partial charge in [-0.25, -0.2) is 24.9 Å². The minimum Gasteiger partial charge on any atom is -0.436 e. The van der Waals surface area contributed by atoms with E-state index in [1.807, 2.05) is 60.7 Å². The summed E-state index contributed by atoms with van der Waals surface area (Å²) in [6.45, 7) is 0. The van der Waals surface area contributed by atoms with Gasteiger partial charge in [0, 0.05) is 33.2 Å². The summed E-state index contributed by atoms with van der Waals surface area (Å²) in [5.74, 6) is 1.80. The van der Waals surface area contributed by atoms with Crippen LogP contribution in [0.5, 0.6) is 0 Å². The molecule has 0 bridgehead atoms. The number of oxazole rings is 2. The van der Waals surface area contributed by atoms with E-state index in [2.05, 4.69) is 68.0 Å². The molecule has 202 valence electrons. The largest absolute Gasteiger partial charge is 0.436 e. The molecule has 4 heterocycles. The van der Waals surface area contributed by atoms with Gasteiger partial charge in [-0.15, -0.1) is 0 Å². The Labute approximate surface area is 243 Å². The average Bonchev–Trinajstić information content (AvgIpc) is 3.78. The predicted molar refractivity (Wildman–Crippen MR) is 166 cm³/mol. The quantitative estimate of drug-likeness (QED) is 0.215. The van der Waals surface area contributed by atoms with Gasteiger partial charge in [0.15, 0.2) is 17.0 Å². The van der Waals surface area contributed by atoms with Gasteiger partial charge in [-0.2, -0.15) is 0 Å². The lowest BCUT2D eigenvalue weighted by molar-refractivity contribution is 0.619. The van der Waals surface area contributed by atoms with E-state index in [4.69, 9.17) is 18.8 Å². The van der Waals surface area contributed by atoms with Gasteiger partial charge in [0.2, 0.25) is 11.8 Å². The summed E-state index contributed by atoms with van der Waals surface area (Å²) in [5, 5.41) is 2.13. The van der Waals surface area contributed by atoms with Gasteiger partial charge in [0.1, 0.15) is 23.7 Å². The number of aromatic nitrogens is 6. The van der Waals surface area contributed by atoms with Gasteiger partial charge in [-0.3, -0.25) is 0 Å². The lowest BCUT2D eigenvalue weighted by Gasteiger charge is -2.09. The van der Waals surface area contributed by atoms with Gasteiger partial charge in [-0.05, 0) is 84.9 Å². The van der Waals surface area contributed by atoms with Gasteiger partial charge in [0.25, 0.3) is 0 Å². The van der Waals surface area contributed by atoms with Crippen molar-refractivity contribution in [2.75, 3.05) is 0 Å². The van der Waals surface area contributed by atoms with Crippen LogP contribution in [0, 0.1) is 0 Å². The zero-order valence-electron chi connectivity index (χ0n) is 22.5. The molecular weight excluding hydrogens is 536 g/mol. The number of hydrogen-bond donors (Lipinski definition) is 0. The molecule has 0 radical (unpaired) electrons. The van der Waals surface area contributed by atoms with Gasteiger partial charge in [0.05, 0.1) is 11.0 Å². The number of nitrogens with zero attached hydrogens (tertiary/aromatic N) is 6. The Morgan fingerprint density at radius 3 is 1.56 bits per heavy atom. The summed E-state index contributed by atoms with van der Waals surface area (Å²) in [4.78, 5) is 22.0. The summed E-state index contributed by atoms with van der Waals surface area (Å²) in [5.41, 5.74) is 9.03. The maximum atomic E-state index is 6.13. The van der Waals surface area contributed by atoms with Crippen molar-refractivity contribution >= 4 is 44.0 Å². The maximum absolute atomic E-state index is 6.13. The molecule has 0 amide bonds. The van der Waals surface area contributed by atoms with E-state index < -0.39 is 0 Å². The van der Waals surface area contributed by atoms with E-state index in [0.717, 1.165) is 66.4 Å². The molecule has 0 N–H and O–H groups in total. The SMILES string of the molecule is c1ccc2oc(-c3ccc4c(c3)c3cc(-c5nc6ccccc6o5)ccc3n4-c3ccc(-c4ncncn4)cc3)nc2c1. The normalized spacial score (nSPS) is 11.7. The fraction of sp³-hybridized carbons (Fsp3) is 0. The summed E-state index contributed by atoms with van der Waals surface area (Å²) in [7, 11) is 0. The Morgan fingerprint density at radius 2 is 1.02 bits per heavy atom. The third kappa shape index (κ3) is 3.81. The van der Waals surface area contributed by atoms with Crippen molar-refractivity contribution in [2.45, 2.75) is 0 Å². The molecule has 8 nitrogen and oxygen atoms in total. The van der Waals surface area contributed by atoms with Crippen molar-refractivity contribution in [1.29, 1.82) is 0 Å². The highest BCUT2D eigenvalue weighted by atomic mass is 16.4. The third-order valence-corrected chi connectivity index (χ3v) is 7.72. The summed E-state index contributed by atoms with van der Waals surface area (Å²) >= 11 is 0. The van der Waals surface area contributed by atoms with E-state index in [1.54, 1.807) is 0 Å². The Bertz CT molecular complexity index is 2260. The van der Waals surface area contributed by atoms with Gasteiger partial charge in [-0.1, -0.05) is 24.3 Å². The molecule has 0 aliphatic carbocycles. The van der Waals surface area contributed by atoms with Gasteiger partial charge < -0.3 is 13.4 Å². The molecule has 0 unspecified atom stereocenters. The van der Waals surface area contributed by atoms with Crippen LogP contribution in [0.25, 0.3) is 84.0 Å². The molecule has 8 heteroatoms. The first-order valence-electron chi connectivity index (χ1n) is 13.8. The van der Waals surface area contributed by atoms with Crippen LogP contribution >= 0.6 is 0 Å². The summed E-state index contributed by atoms with van der Waals surface area (Å²) in [6, 6.07) is 36.5. The Kier molecular flexibility index (Phi) is 5.03. The predicted octanol–water partition coefficient (Wildman–Crippen LogP) is 8.25. The van der Waals surface area contributed by atoms with Crippen LogP contribution in [0.4, 0.5) is 0 Å². The molecule has 9 rings (SSSR count). The molecule has 43 heavy (non-hydrogen) atoms. The second-order valence-corrected chi connectivity index (χ2v) is 10.3. The monoisotopic (exact) mass is 556 g/mol. The highest BCUT2D eigenvalue weighted by Crippen LogP contribution is 2.38. The Balaban J connectivity index is 1.25. The van der Waals surface area contributed by atoms with Crippen LogP contribution in [-0.4, -0.2) is 29.5 Å². The molecule has 5 aromatic carbocycles. The first-order chi connectivity index (χ1) is 21.3. The molecule has 0 aliphatic rings. The highest BCUT2D eigenvalue weighted by Gasteiger charge is 2.18. The topological polar surface area (TPSA) is 95.7 Å². The number of fused-ring (bicyclic) bond motifs is 5. The van der Waals surface area contributed by atoms with Crippen molar-refractivity contribution in [3.8, 4) is 40.0 Å². The zero-order valence-corrected chi connectivity index (χ0v) is 22.5. The van der Waals surface area contributed by atoms with Crippen molar-refractivity contribution < 1.29 is 8.83 Å². The van der Waals surface area contributed by atoms with Crippen molar-refractivity contribution in [2.24, 2.45) is 0 Å². The van der Waals surface area contributed by atoms with E-state index in [-0.39, 0.29) is 0 Å². The smallest absolute Gasteiger partial charge is 0.227 e. The molecule has 0 atom stereocenters. The van der Waals surface area contributed by atoms with E-state index in [1.165, 1.54) is 12.7 Å². The first kappa shape index (κ1) is 23.5. The van der Waals surface area contributed by atoms with Gasteiger partial charge >= 0.3 is 0 Å². The van der Waals surface area contributed by atoms with Crippen LogP contribution in [-0.2, 0) is 0 Å². The molecule has 0 spiro atoms. The van der Waals surface area contributed by atoms with E-state index >= 15 is 0 Å². The maximum Gasteiger partial charge on any atom is 0.227 e. The van der Waals surface area contributed by atoms with Crippen molar-refractivity contribution in [3.63, 3.8) is 0 Å². The summed E-state index contributed by atoms with van der Waals surface area (Å²) in [6.07, 6.45) is 3.01. The van der Waals surface area contributed by atoms with Crippen LogP contribution < -0.4 is 0 Å².